The molecule has 2 heteroatoms. The summed E-state index contributed by atoms with van der Waals surface area (Å²) in [6.45, 7) is 12.1. The third-order valence-electron chi connectivity index (χ3n) is 3.66. The van der Waals surface area contributed by atoms with E-state index in [1.807, 2.05) is 0 Å². The number of nitrogens with one attached hydrogen (secondary N) is 1. The maximum Gasteiger partial charge on any atom is 0.0233 e. The smallest absolute Gasteiger partial charge is 0.0233 e. The monoisotopic (exact) mass is 248 g/mol. The Morgan fingerprint density at radius 2 is 1.83 bits per heavy atom. The van der Waals surface area contributed by atoms with E-state index in [4.69, 9.17) is 0 Å². The Labute approximate surface area is 112 Å². The molecule has 1 aromatic rings. The van der Waals surface area contributed by atoms with Gasteiger partial charge in [0.05, 0.1) is 0 Å². The van der Waals surface area contributed by atoms with Crippen LogP contribution in [0, 0.1) is 12.8 Å². The lowest BCUT2D eigenvalue weighted by molar-refractivity contribution is 0.308. The van der Waals surface area contributed by atoms with Gasteiger partial charge in [0.2, 0.25) is 0 Å². The van der Waals surface area contributed by atoms with Crippen LogP contribution in [0.25, 0.3) is 0 Å². The minimum Gasteiger partial charge on any atom is -0.313 e. The molecule has 0 aliphatic carbocycles. The van der Waals surface area contributed by atoms with E-state index in [0.717, 1.165) is 19.6 Å². The van der Waals surface area contributed by atoms with Crippen LogP contribution in [-0.4, -0.2) is 31.1 Å². The van der Waals surface area contributed by atoms with Crippen molar-refractivity contribution in [3.05, 3.63) is 35.4 Å². The normalized spacial score (nSPS) is 13.3. The SMILES string of the molecule is Cc1ccccc1CN(C)CCNC(C)C(C)C. The molecule has 0 aromatic heterocycles. The number of hydrogen-bond donors (Lipinski definition) is 1. The van der Waals surface area contributed by atoms with Crippen molar-refractivity contribution in [1.82, 2.24) is 10.2 Å². The molecule has 102 valence electrons. The molecule has 0 amide bonds. The predicted octanol–water partition coefficient (Wildman–Crippen LogP) is 3.06. The largest absolute Gasteiger partial charge is 0.313 e. The van der Waals surface area contributed by atoms with Crippen LogP contribution in [0.15, 0.2) is 24.3 Å². The molecule has 1 N–H and O–H groups in total. The summed E-state index contributed by atoms with van der Waals surface area (Å²) in [6.07, 6.45) is 0. The Hall–Kier alpha value is -0.860. The molecule has 1 aromatic carbocycles. The number of rotatable bonds is 7. The minimum atomic E-state index is 0.594. The molecule has 0 fully saturated rings. The summed E-state index contributed by atoms with van der Waals surface area (Å²) in [4.78, 5) is 2.38. The van der Waals surface area contributed by atoms with E-state index in [1.165, 1.54) is 11.1 Å². The highest BCUT2D eigenvalue weighted by Crippen LogP contribution is 2.09. The summed E-state index contributed by atoms with van der Waals surface area (Å²) in [7, 11) is 2.19. The number of likely N-dealkylation sites (N-methyl/N-ethyl adjacent to an activating group) is 1. The fraction of sp³-hybridized carbons (Fsp3) is 0.625. The van der Waals surface area contributed by atoms with Crippen LogP contribution in [0.2, 0.25) is 0 Å². The number of aryl methyl sites for hydroxylation is 1. The van der Waals surface area contributed by atoms with Gasteiger partial charge in [-0.2, -0.15) is 0 Å². The molecule has 1 atom stereocenters. The van der Waals surface area contributed by atoms with E-state index in [2.05, 4.69) is 69.2 Å². The lowest BCUT2D eigenvalue weighted by atomic mass is 10.1. The molecule has 0 aliphatic rings. The highest BCUT2D eigenvalue weighted by atomic mass is 15.1. The van der Waals surface area contributed by atoms with Gasteiger partial charge in [-0.3, -0.25) is 0 Å². The predicted molar refractivity (Wildman–Crippen MR) is 79.8 cm³/mol. The number of benzene rings is 1. The van der Waals surface area contributed by atoms with Crippen LogP contribution in [-0.2, 0) is 6.54 Å². The Balaban J connectivity index is 2.30. The maximum atomic E-state index is 3.57. The highest BCUT2D eigenvalue weighted by Gasteiger charge is 2.06. The molecule has 18 heavy (non-hydrogen) atoms. The standard InChI is InChI=1S/C16H28N2/c1-13(2)15(4)17-10-11-18(5)12-16-9-7-6-8-14(16)3/h6-9,13,15,17H,10-12H2,1-5H3. The van der Waals surface area contributed by atoms with E-state index >= 15 is 0 Å². The van der Waals surface area contributed by atoms with Crippen molar-refractivity contribution >= 4 is 0 Å². The Morgan fingerprint density at radius 1 is 1.17 bits per heavy atom. The average molecular weight is 248 g/mol. The molecule has 0 aliphatic heterocycles. The summed E-state index contributed by atoms with van der Waals surface area (Å²) in [6, 6.07) is 9.22. The maximum absolute atomic E-state index is 3.57. The van der Waals surface area contributed by atoms with Gasteiger partial charge in [-0.25, -0.2) is 0 Å². The molecule has 0 radical (unpaired) electrons. The first-order valence-corrected chi connectivity index (χ1v) is 6.97. The molecule has 0 heterocycles. The van der Waals surface area contributed by atoms with E-state index < -0.39 is 0 Å². The summed E-state index contributed by atoms with van der Waals surface area (Å²) >= 11 is 0. The van der Waals surface area contributed by atoms with Crippen LogP contribution in [0.1, 0.15) is 31.9 Å². The van der Waals surface area contributed by atoms with Crippen molar-refractivity contribution in [3.63, 3.8) is 0 Å². The van der Waals surface area contributed by atoms with Crippen LogP contribution in [0.3, 0.4) is 0 Å². The van der Waals surface area contributed by atoms with Gasteiger partial charge in [0.1, 0.15) is 0 Å². The molecular weight excluding hydrogens is 220 g/mol. The quantitative estimate of drug-likeness (QED) is 0.798. The minimum absolute atomic E-state index is 0.594. The zero-order chi connectivity index (χ0) is 13.5. The van der Waals surface area contributed by atoms with Crippen molar-refractivity contribution < 1.29 is 0 Å². The topological polar surface area (TPSA) is 15.3 Å². The molecule has 0 spiro atoms. The van der Waals surface area contributed by atoms with Crippen LogP contribution >= 0.6 is 0 Å². The van der Waals surface area contributed by atoms with Gasteiger partial charge < -0.3 is 10.2 Å². The third kappa shape index (κ3) is 5.19. The van der Waals surface area contributed by atoms with Crippen molar-refractivity contribution in [3.8, 4) is 0 Å². The van der Waals surface area contributed by atoms with E-state index in [1.54, 1.807) is 0 Å². The summed E-state index contributed by atoms with van der Waals surface area (Å²) < 4.78 is 0. The molecular formula is C16H28N2. The molecule has 0 saturated carbocycles. The van der Waals surface area contributed by atoms with Gasteiger partial charge >= 0.3 is 0 Å². The number of hydrogen-bond acceptors (Lipinski definition) is 2. The van der Waals surface area contributed by atoms with Gasteiger partial charge in [0.25, 0.3) is 0 Å². The lowest BCUT2D eigenvalue weighted by Crippen LogP contribution is -2.36. The molecule has 1 unspecified atom stereocenters. The Bertz CT molecular complexity index is 347. The Morgan fingerprint density at radius 3 is 2.44 bits per heavy atom. The molecule has 1 rings (SSSR count). The van der Waals surface area contributed by atoms with Crippen LogP contribution < -0.4 is 5.32 Å². The fourth-order valence-electron chi connectivity index (χ4n) is 1.88. The zero-order valence-corrected chi connectivity index (χ0v) is 12.5. The highest BCUT2D eigenvalue weighted by molar-refractivity contribution is 5.25. The van der Waals surface area contributed by atoms with Crippen LogP contribution in [0.4, 0.5) is 0 Å². The zero-order valence-electron chi connectivity index (χ0n) is 12.5. The van der Waals surface area contributed by atoms with Gasteiger partial charge in [-0.05, 0) is 37.9 Å². The van der Waals surface area contributed by atoms with Crippen LogP contribution in [0.5, 0.6) is 0 Å². The van der Waals surface area contributed by atoms with Crippen molar-refractivity contribution in [1.29, 1.82) is 0 Å². The van der Waals surface area contributed by atoms with E-state index in [0.29, 0.717) is 12.0 Å². The Kier molecular flexibility index (Phi) is 6.37. The summed E-state index contributed by atoms with van der Waals surface area (Å²) in [5.74, 6) is 0.701. The van der Waals surface area contributed by atoms with Gasteiger partial charge in [-0.1, -0.05) is 38.1 Å². The van der Waals surface area contributed by atoms with Crippen molar-refractivity contribution in [2.45, 2.75) is 40.3 Å². The van der Waals surface area contributed by atoms with Crippen molar-refractivity contribution in [2.24, 2.45) is 5.92 Å². The second kappa shape index (κ2) is 7.55. The summed E-state index contributed by atoms with van der Waals surface area (Å²) in [5, 5.41) is 3.57. The van der Waals surface area contributed by atoms with Gasteiger partial charge in [-0.15, -0.1) is 0 Å². The second-order valence-corrected chi connectivity index (χ2v) is 5.65. The first-order chi connectivity index (χ1) is 8.50. The van der Waals surface area contributed by atoms with E-state index in [9.17, 15) is 0 Å². The van der Waals surface area contributed by atoms with Gasteiger partial charge in [0, 0.05) is 25.7 Å². The van der Waals surface area contributed by atoms with Gasteiger partial charge in [0.15, 0.2) is 0 Å². The average Bonchev–Trinajstić information content (AvgIpc) is 2.32. The lowest BCUT2D eigenvalue weighted by Gasteiger charge is -2.21. The summed E-state index contributed by atoms with van der Waals surface area (Å²) in [5.41, 5.74) is 2.81. The second-order valence-electron chi connectivity index (χ2n) is 5.65. The third-order valence-corrected chi connectivity index (χ3v) is 3.66. The number of nitrogens with zero attached hydrogens (tertiary/aromatic N) is 1. The molecule has 0 saturated heterocycles. The first-order valence-electron chi connectivity index (χ1n) is 6.97. The molecule has 2 nitrogen and oxygen atoms in total. The van der Waals surface area contributed by atoms with Crippen molar-refractivity contribution in [2.75, 3.05) is 20.1 Å². The molecule has 0 bridgehead atoms. The first kappa shape index (κ1) is 15.2. The fourth-order valence-corrected chi connectivity index (χ4v) is 1.88. The van der Waals surface area contributed by atoms with E-state index in [-0.39, 0.29) is 0 Å².